The molecule has 0 aliphatic carbocycles. The number of benzene rings is 2. The lowest BCUT2D eigenvalue weighted by Gasteiger charge is -2.21. The van der Waals surface area contributed by atoms with Gasteiger partial charge in [-0.2, -0.15) is 0 Å². The van der Waals surface area contributed by atoms with Gasteiger partial charge >= 0.3 is 0 Å². The van der Waals surface area contributed by atoms with Crippen LogP contribution >= 0.6 is 0 Å². The van der Waals surface area contributed by atoms with Gasteiger partial charge in [0.15, 0.2) is 0 Å². The topological polar surface area (TPSA) is 87.2 Å². The van der Waals surface area contributed by atoms with E-state index < -0.39 is 0 Å². The standard InChI is InChI=1S/C22H23N5O2/c1-4-27(19-10-5-7-15(2)11-19)22(29)20-13-24-21(14-23-20)26-18-9-6-8-17(12-18)25-16(3)28/h5-14H,4H2,1-3H3,(H,24,26)(H,25,28). The van der Waals surface area contributed by atoms with Crippen LogP contribution in [0.25, 0.3) is 0 Å². The van der Waals surface area contributed by atoms with Crippen LogP contribution in [0.1, 0.15) is 29.9 Å². The molecule has 0 bridgehead atoms. The van der Waals surface area contributed by atoms with Crippen molar-refractivity contribution in [3.8, 4) is 0 Å². The number of nitrogens with one attached hydrogen (secondary N) is 2. The van der Waals surface area contributed by atoms with E-state index in [-0.39, 0.29) is 17.5 Å². The molecule has 0 saturated carbocycles. The van der Waals surface area contributed by atoms with Crippen molar-refractivity contribution in [2.45, 2.75) is 20.8 Å². The molecule has 3 aromatic rings. The lowest BCUT2D eigenvalue weighted by molar-refractivity contribution is -0.114. The molecule has 148 valence electrons. The number of aryl methyl sites for hydroxylation is 1. The first-order chi connectivity index (χ1) is 14.0. The number of nitrogens with zero attached hydrogens (tertiary/aromatic N) is 3. The van der Waals surface area contributed by atoms with Gasteiger partial charge in [-0.15, -0.1) is 0 Å². The fraction of sp³-hybridized carbons (Fsp3) is 0.182. The molecule has 29 heavy (non-hydrogen) atoms. The first kappa shape index (κ1) is 20.0. The predicted molar refractivity (Wildman–Crippen MR) is 115 cm³/mol. The van der Waals surface area contributed by atoms with Crippen LogP contribution in [-0.2, 0) is 4.79 Å². The summed E-state index contributed by atoms with van der Waals surface area (Å²) in [4.78, 5) is 34.3. The minimum absolute atomic E-state index is 0.140. The Kier molecular flexibility index (Phi) is 6.19. The SMILES string of the molecule is CCN(C(=O)c1cnc(Nc2cccc(NC(C)=O)c2)cn1)c1cccc(C)c1. The molecule has 1 heterocycles. The van der Waals surface area contributed by atoms with Gasteiger partial charge in [0.05, 0.1) is 12.4 Å². The van der Waals surface area contributed by atoms with E-state index in [4.69, 9.17) is 0 Å². The van der Waals surface area contributed by atoms with E-state index in [1.807, 2.05) is 50.2 Å². The number of amides is 2. The Bertz CT molecular complexity index is 1020. The van der Waals surface area contributed by atoms with E-state index in [0.29, 0.717) is 18.1 Å². The van der Waals surface area contributed by atoms with Crippen molar-refractivity contribution in [3.63, 3.8) is 0 Å². The number of anilines is 4. The second kappa shape index (κ2) is 8.97. The van der Waals surface area contributed by atoms with Crippen molar-refractivity contribution in [2.24, 2.45) is 0 Å². The third kappa shape index (κ3) is 5.16. The minimum atomic E-state index is -0.204. The second-order valence-corrected chi connectivity index (χ2v) is 6.56. The third-order valence-corrected chi connectivity index (χ3v) is 4.20. The number of carbonyl (C=O) groups is 2. The molecule has 2 N–H and O–H groups in total. The van der Waals surface area contributed by atoms with Crippen molar-refractivity contribution < 1.29 is 9.59 Å². The van der Waals surface area contributed by atoms with Crippen LogP contribution in [0, 0.1) is 6.92 Å². The minimum Gasteiger partial charge on any atom is -0.339 e. The lowest BCUT2D eigenvalue weighted by atomic mass is 10.2. The number of hydrogen-bond donors (Lipinski definition) is 2. The molecule has 0 spiro atoms. The van der Waals surface area contributed by atoms with Gasteiger partial charge in [0, 0.05) is 30.5 Å². The zero-order valence-corrected chi connectivity index (χ0v) is 16.6. The monoisotopic (exact) mass is 389 g/mol. The summed E-state index contributed by atoms with van der Waals surface area (Å²) < 4.78 is 0. The van der Waals surface area contributed by atoms with Crippen LogP contribution in [0.5, 0.6) is 0 Å². The summed E-state index contributed by atoms with van der Waals surface area (Å²) in [6.45, 7) is 5.90. The summed E-state index contributed by atoms with van der Waals surface area (Å²) in [6.07, 6.45) is 2.98. The number of rotatable bonds is 6. The van der Waals surface area contributed by atoms with Crippen molar-refractivity contribution in [2.75, 3.05) is 22.1 Å². The van der Waals surface area contributed by atoms with Crippen molar-refractivity contribution in [1.29, 1.82) is 0 Å². The summed E-state index contributed by atoms with van der Waals surface area (Å²) >= 11 is 0. The molecular weight excluding hydrogens is 366 g/mol. The number of hydrogen-bond acceptors (Lipinski definition) is 5. The van der Waals surface area contributed by atoms with Crippen LogP contribution in [0.3, 0.4) is 0 Å². The molecule has 7 nitrogen and oxygen atoms in total. The molecule has 7 heteroatoms. The largest absolute Gasteiger partial charge is 0.339 e. The van der Waals surface area contributed by atoms with Gasteiger partial charge in [-0.1, -0.05) is 18.2 Å². The number of aromatic nitrogens is 2. The normalized spacial score (nSPS) is 10.3. The lowest BCUT2D eigenvalue weighted by Crippen LogP contribution is -2.31. The zero-order valence-electron chi connectivity index (χ0n) is 16.6. The maximum Gasteiger partial charge on any atom is 0.278 e. The van der Waals surface area contributed by atoms with Crippen molar-refractivity contribution >= 4 is 34.7 Å². The molecule has 0 unspecified atom stereocenters. The fourth-order valence-corrected chi connectivity index (χ4v) is 2.91. The fourth-order valence-electron chi connectivity index (χ4n) is 2.91. The average Bonchev–Trinajstić information content (AvgIpc) is 2.69. The van der Waals surface area contributed by atoms with E-state index in [1.54, 1.807) is 17.0 Å². The summed E-state index contributed by atoms with van der Waals surface area (Å²) in [6, 6.07) is 15.0. The summed E-state index contributed by atoms with van der Waals surface area (Å²) in [5, 5.41) is 5.84. The second-order valence-electron chi connectivity index (χ2n) is 6.56. The third-order valence-electron chi connectivity index (χ3n) is 4.20. The predicted octanol–water partition coefficient (Wildman–Crippen LogP) is 4.15. The molecule has 0 radical (unpaired) electrons. The highest BCUT2D eigenvalue weighted by Crippen LogP contribution is 2.20. The summed E-state index contributed by atoms with van der Waals surface area (Å²) in [5.41, 5.74) is 3.61. The molecule has 0 atom stereocenters. The Morgan fingerprint density at radius 3 is 2.41 bits per heavy atom. The Labute approximate surface area is 169 Å². The Morgan fingerprint density at radius 2 is 1.76 bits per heavy atom. The molecule has 2 amide bonds. The maximum atomic E-state index is 12.9. The first-order valence-corrected chi connectivity index (χ1v) is 9.31. The highest BCUT2D eigenvalue weighted by Gasteiger charge is 2.18. The van der Waals surface area contributed by atoms with Gasteiger partial charge in [0.25, 0.3) is 5.91 Å². The van der Waals surface area contributed by atoms with Crippen LogP contribution < -0.4 is 15.5 Å². The average molecular weight is 389 g/mol. The first-order valence-electron chi connectivity index (χ1n) is 9.31. The molecular formula is C22H23N5O2. The van der Waals surface area contributed by atoms with Gasteiger partial charge in [-0.05, 0) is 49.7 Å². The van der Waals surface area contributed by atoms with Crippen LogP contribution in [0.4, 0.5) is 22.9 Å². The van der Waals surface area contributed by atoms with Gasteiger partial charge in [-0.25, -0.2) is 9.97 Å². The Hall–Kier alpha value is -3.74. The van der Waals surface area contributed by atoms with Gasteiger partial charge in [0.2, 0.25) is 5.91 Å². The van der Waals surface area contributed by atoms with Crippen LogP contribution in [0.2, 0.25) is 0 Å². The van der Waals surface area contributed by atoms with Crippen molar-refractivity contribution in [3.05, 3.63) is 72.2 Å². The molecule has 3 rings (SSSR count). The molecule has 0 aliphatic rings. The van der Waals surface area contributed by atoms with Crippen molar-refractivity contribution in [1.82, 2.24) is 9.97 Å². The van der Waals surface area contributed by atoms with E-state index in [1.165, 1.54) is 19.3 Å². The summed E-state index contributed by atoms with van der Waals surface area (Å²) in [5.74, 6) is 0.156. The van der Waals surface area contributed by atoms with Gasteiger partial charge in [-0.3, -0.25) is 9.59 Å². The molecule has 0 aliphatic heterocycles. The van der Waals surface area contributed by atoms with Crippen LogP contribution in [0.15, 0.2) is 60.9 Å². The van der Waals surface area contributed by atoms with E-state index in [9.17, 15) is 9.59 Å². The highest BCUT2D eigenvalue weighted by atomic mass is 16.2. The Morgan fingerprint density at radius 1 is 1.00 bits per heavy atom. The van der Waals surface area contributed by atoms with E-state index in [2.05, 4.69) is 20.6 Å². The smallest absolute Gasteiger partial charge is 0.278 e. The number of carbonyl (C=O) groups excluding carboxylic acids is 2. The quantitative estimate of drug-likeness (QED) is 0.661. The Balaban J connectivity index is 1.74. The molecule has 0 fully saturated rings. The van der Waals surface area contributed by atoms with Crippen LogP contribution in [-0.4, -0.2) is 28.3 Å². The van der Waals surface area contributed by atoms with Gasteiger partial charge in [0.1, 0.15) is 11.5 Å². The molecule has 2 aromatic carbocycles. The summed E-state index contributed by atoms with van der Waals surface area (Å²) in [7, 11) is 0. The zero-order chi connectivity index (χ0) is 20.8. The highest BCUT2D eigenvalue weighted by molar-refractivity contribution is 6.04. The molecule has 0 saturated heterocycles. The maximum absolute atomic E-state index is 12.9. The van der Waals surface area contributed by atoms with E-state index >= 15 is 0 Å². The molecule has 1 aromatic heterocycles. The van der Waals surface area contributed by atoms with E-state index in [0.717, 1.165) is 16.9 Å². The van der Waals surface area contributed by atoms with Gasteiger partial charge < -0.3 is 15.5 Å².